The van der Waals surface area contributed by atoms with Crippen molar-refractivity contribution in [2.75, 3.05) is 13.1 Å². The number of nitrogens with zero attached hydrogens (tertiary/aromatic N) is 1. The first kappa shape index (κ1) is 18.2. The standard InChI is InChI=1S/C16H23ClN2O3S/c1-11(2)18-23(21,22)13-4-5-15(17)14(10-13)16(20)19-8-6-12(3)7-9-19/h4-5,10-12,18H,6-9H2,1-3H3. The van der Waals surface area contributed by atoms with Gasteiger partial charge in [0, 0.05) is 19.1 Å². The zero-order valence-electron chi connectivity index (χ0n) is 13.7. The van der Waals surface area contributed by atoms with E-state index in [-0.39, 0.29) is 27.4 Å². The van der Waals surface area contributed by atoms with Crippen molar-refractivity contribution in [3.8, 4) is 0 Å². The van der Waals surface area contributed by atoms with Gasteiger partial charge >= 0.3 is 0 Å². The Labute approximate surface area is 143 Å². The van der Waals surface area contributed by atoms with Gasteiger partial charge in [0.2, 0.25) is 10.0 Å². The molecule has 5 nitrogen and oxygen atoms in total. The highest BCUT2D eigenvalue weighted by atomic mass is 35.5. The molecule has 1 heterocycles. The van der Waals surface area contributed by atoms with Gasteiger partial charge in [0.25, 0.3) is 5.91 Å². The summed E-state index contributed by atoms with van der Waals surface area (Å²) in [4.78, 5) is 14.5. The van der Waals surface area contributed by atoms with Crippen LogP contribution in [0.15, 0.2) is 23.1 Å². The normalized spacial score (nSPS) is 16.8. The Hall–Kier alpha value is -1.11. The maximum absolute atomic E-state index is 12.7. The third-order valence-corrected chi connectivity index (χ3v) is 5.93. The van der Waals surface area contributed by atoms with Crippen LogP contribution in [0, 0.1) is 5.92 Å². The van der Waals surface area contributed by atoms with E-state index in [4.69, 9.17) is 11.6 Å². The maximum atomic E-state index is 12.7. The molecule has 23 heavy (non-hydrogen) atoms. The molecule has 1 saturated heterocycles. The minimum atomic E-state index is -3.65. The summed E-state index contributed by atoms with van der Waals surface area (Å²) in [5.41, 5.74) is 0.243. The Morgan fingerprint density at radius 1 is 1.30 bits per heavy atom. The van der Waals surface area contributed by atoms with E-state index < -0.39 is 10.0 Å². The SMILES string of the molecule is CC1CCN(C(=O)c2cc(S(=O)(=O)NC(C)C)ccc2Cl)CC1. The summed E-state index contributed by atoms with van der Waals surface area (Å²) in [6.45, 7) is 7.01. The van der Waals surface area contributed by atoms with Crippen molar-refractivity contribution < 1.29 is 13.2 Å². The predicted octanol–water partition coefficient (Wildman–Crippen LogP) is 2.90. The second-order valence-corrected chi connectivity index (χ2v) is 8.51. The molecule has 0 aliphatic carbocycles. The topological polar surface area (TPSA) is 66.5 Å². The van der Waals surface area contributed by atoms with Crippen molar-refractivity contribution in [1.29, 1.82) is 0 Å². The second kappa shape index (κ2) is 7.20. The number of halogens is 1. The first-order chi connectivity index (χ1) is 10.7. The molecule has 1 aliphatic heterocycles. The summed E-state index contributed by atoms with van der Waals surface area (Å²) in [6.07, 6.45) is 1.91. The summed E-state index contributed by atoms with van der Waals surface area (Å²) in [5.74, 6) is 0.403. The van der Waals surface area contributed by atoms with Gasteiger partial charge in [-0.15, -0.1) is 0 Å². The van der Waals surface area contributed by atoms with Crippen LogP contribution >= 0.6 is 11.6 Å². The Balaban J connectivity index is 2.29. The van der Waals surface area contributed by atoms with E-state index in [0.29, 0.717) is 19.0 Å². The van der Waals surface area contributed by atoms with Crippen molar-refractivity contribution >= 4 is 27.5 Å². The van der Waals surface area contributed by atoms with Gasteiger partial charge in [-0.25, -0.2) is 13.1 Å². The molecule has 1 N–H and O–H groups in total. The Morgan fingerprint density at radius 2 is 1.91 bits per heavy atom. The van der Waals surface area contributed by atoms with Crippen molar-refractivity contribution in [1.82, 2.24) is 9.62 Å². The smallest absolute Gasteiger partial charge is 0.255 e. The zero-order valence-corrected chi connectivity index (χ0v) is 15.2. The first-order valence-electron chi connectivity index (χ1n) is 7.82. The zero-order chi connectivity index (χ0) is 17.2. The van der Waals surface area contributed by atoms with Crippen LogP contribution in [0.3, 0.4) is 0 Å². The lowest BCUT2D eigenvalue weighted by atomic mass is 9.98. The van der Waals surface area contributed by atoms with Crippen LogP contribution in [0.4, 0.5) is 0 Å². The third-order valence-electron chi connectivity index (χ3n) is 3.94. The number of amides is 1. The van der Waals surface area contributed by atoms with Gasteiger partial charge in [-0.05, 0) is 50.8 Å². The van der Waals surface area contributed by atoms with Crippen molar-refractivity contribution in [3.63, 3.8) is 0 Å². The molecule has 1 fully saturated rings. The molecule has 0 radical (unpaired) electrons. The number of likely N-dealkylation sites (tertiary alicyclic amines) is 1. The molecule has 1 aromatic rings. The van der Waals surface area contributed by atoms with Crippen molar-refractivity contribution in [2.45, 2.75) is 44.6 Å². The lowest BCUT2D eigenvalue weighted by Crippen LogP contribution is -2.38. The monoisotopic (exact) mass is 358 g/mol. The van der Waals surface area contributed by atoms with E-state index in [1.54, 1.807) is 18.7 Å². The fourth-order valence-electron chi connectivity index (χ4n) is 2.60. The Kier molecular flexibility index (Phi) is 5.70. The van der Waals surface area contributed by atoms with Gasteiger partial charge in [-0.1, -0.05) is 18.5 Å². The summed E-state index contributed by atoms with van der Waals surface area (Å²) in [5, 5.41) is 0.275. The molecule has 128 valence electrons. The lowest BCUT2D eigenvalue weighted by molar-refractivity contribution is 0.0697. The van der Waals surface area contributed by atoms with Crippen LogP contribution in [-0.2, 0) is 10.0 Å². The summed E-state index contributed by atoms with van der Waals surface area (Å²) < 4.78 is 27.0. The van der Waals surface area contributed by atoms with E-state index >= 15 is 0 Å². The first-order valence-corrected chi connectivity index (χ1v) is 9.68. The molecule has 7 heteroatoms. The quantitative estimate of drug-likeness (QED) is 0.899. The van der Waals surface area contributed by atoms with Crippen LogP contribution in [-0.4, -0.2) is 38.4 Å². The highest BCUT2D eigenvalue weighted by Crippen LogP contribution is 2.24. The van der Waals surface area contributed by atoms with Gasteiger partial charge in [0.15, 0.2) is 0 Å². The maximum Gasteiger partial charge on any atom is 0.255 e. The largest absolute Gasteiger partial charge is 0.339 e. The average Bonchev–Trinajstić information content (AvgIpc) is 2.46. The number of benzene rings is 1. The van der Waals surface area contributed by atoms with Crippen LogP contribution in [0.2, 0.25) is 5.02 Å². The van der Waals surface area contributed by atoms with Gasteiger partial charge in [-0.3, -0.25) is 4.79 Å². The Morgan fingerprint density at radius 3 is 2.48 bits per heavy atom. The van der Waals surface area contributed by atoms with Crippen LogP contribution in [0.25, 0.3) is 0 Å². The second-order valence-electron chi connectivity index (χ2n) is 6.39. The van der Waals surface area contributed by atoms with E-state index in [0.717, 1.165) is 12.8 Å². The molecule has 0 spiro atoms. The third kappa shape index (κ3) is 4.46. The Bertz CT molecular complexity index is 681. The highest BCUT2D eigenvalue weighted by molar-refractivity contribution is 7.89. The number of carbonyl (C=O) groups excluding carboxylic acids is 1. The minimum absolute atomic E-state index is 0.0596. The van der Waals surface area contributed by atoms with E-state index in [1.165, 1.54) is 18.2 Å². The number of carbonyl (C=O) groups is 1. The van der Waals surface area contributed by atoms with E-state index in [1.807, 2.05) is 0 Å². The number of hydrogen-bond donors (Lipinski definition) is 1. The summed E-state index contributed by atoms with van der Waals surface area (Å²) in [7, 11) is -3.65. The molecule has 0 unspecified atom stereocenters. The molecule has 0 atom stereocenters. The van der Waals surface area contributed by atoms with Crippen molar-refractivity contribution in [2.24, 2.45) is 5.92 Å². The molecule has 0 bridgehead atoms. The molecule has 1 aliphatic rings. The van der Waals surface area contributed by atoms with Crippen molar-refractivity contribution in [3.05, 3.63) is 28.8 Å². The summed E-state index contributed by atoms with van der Waals surface area (Å²) >= 11 is 6.13. The molecule has 1 amide bonds. The fourth-order valence-corrected chi connectivity index (χ4v) is 4.07. The molecule has 0 saturated carbocycles. The molecular weight excluding hydrogens is 336 g/mol. The molecule has 0 aromatic heterocycles. The van der Waals surface area contributed by atoms with Crippen LogP contribution in [0.5, 0.6) is 0 Å². The van der Waals surface area contributed by atoms with Gasteiger partial charge < -0.3 is 4.90 Å². The molecule has 1 aromatic carbocycles. The van der Waals surface area contributed by atoms with Crippen LogP contribution in [0.1, 0.15) is 44.0 Å². The minimum Gasteiger partial charge on any atom is -0.339 e. The van der Waals surface area contributed by atoms with Crippen LogP contribution < -0.4 is 4.72 Å². The van der Waals surface area contributed by atoms with E-state index in [9.17, 15) is 13.2 Å². The number of nitrogens with one attached hydrogen (secondary N) is 1. The summed E-state index contributed by atoms with van der Waals surface area (Å²) in [6, 6.07) is 4.03. The number of hydrogen-bond acceptors (Lipinski definition) is 3. The molecular formula is C16H23ClN2O3S. The number of piperidine rings is 1. The predicted molar refractivity (Wildman–Crippen MR) is 91.2 cm³/mol. The number of sulfonamides is 1. The fraction of sp³-hybridized carbons (Fsp3) is 0.562. The highest BCUT2D eigenvalue weighted by Gasteiger charge is 2.25. The molecule has 2 rings (SSSR count). The van der Waals surface area contributed by atoms with Gasteiger partial charge in [-0.2, -0.15) is 0 Å². The van der Waals surface area contributed by atoms with Gasteiger partial charge in [0.05, 0.1) is 15.5 Å². The van der Waals surface area contributed by atoms with E-state index in [2.05, 4.69) is 11.6 Å². The lowest BCUT2D eigenvalue weighted by Gasteiger charge is -2.30. The average molecular weight is 359 g/mol. The number of rotatable bonds is 4. The van der Waals surface area contributed by atoms with Gasteiger partial charge in [0.1, 0.15) is 0 Å².